The number of aromatic nitrogens is 1. The Morgan fingerprint density at radius 2 is 2.05 bits per heavy atom. The van der Waals surface area contributed by atoms with Crippen molar-refractivity contribution in [3.05, 3.63) is 29.6 Å². The SMILES string of the molecule is CN1C2CCC1CC(C(=O)c1ccc(C#N)nc1)C2. The van der Waals surface area contributed by atoms with Crippen LogP contribution in [0.1, 0.15) is 41.7 Å². The predicted octanol–water partition coefficient (Wildman–Crippen LogP) is 2.01. The molecule has 2 aliphatic heterocycles. The number of nitriles is 1. The second-order valence-electron chi connectivity index (χ2n) is 5.63. The van der Waals surface area contributed by atoms with Crippen LogP contribution in [0.5, 0.6) is 0 Å². The maximum absolute atomic E-state index is 12.5. The maximum Gasteiger partial charge on any atom is 0.167 e. The van der Waals surface area contributed by atoms with Gasteiger partial charge in [0.05, 0.1) is 0 Å². The zero-order chi connectivity index (χ0) is 13.4. The van der Waals surface area contributed by atoms with Gasteiger partial charge in [0.2, 0.25) is 0 Å². The Kier molecular flexibility index (Phi) is 3.08. The van der Waals surface area contributed by atoms with Gasteiger partial charge >= 0.3 is 0 Å². The minimum Gasteiger partial charge on any atom is -0.300 e. The summed E-state index contributed by atoms with van der Waals surface area (Å²) in [6.45, 7) is 0. The van der Waals surface area contributed by atoms with Gasteiger partial charge in [0, 0.05) is 29.8 Å². The van der Waals surface area contributed by atoms with E-state index < -0.39 is 0 Å². The van der Waals surface area contributed by atoms with Gasteiger partial charge in [-0.2, -0.15) is 5.26 Å². The van der Waals surface area contributed by atoms with Crippen LogP contribution in [0.3, 0.4) is 0 Å². The van der Waals surface area contributed by atoms with E-state index in [1.54, 1.807) is 18.3 Å². The molecule has 3 heterocycles. The monoisotopic (exact) mass is 255 g/mol. The summed E-state index contributed by atoms with van der Waals surface area (Å²) in [6, 6.07) is 6.46. The largest absolute Gasteiger partial charge is 0.300 e. The summed E-state index contributed by atoms with van der Waals surface area (Å²) in [5, 5.41) is 8.72. The van der Waals surface area contributed by atoms with E-state index in [0.29, 0.717) is 23.3 Å². The topological polar surface area (TPSA) is 57.0 Å². The molecule has 2 fully saturated rings. The van der Waals surface area contributed by atoms with Gasteiger partial charge < -0.3 is 4.90 Å². The van der Waals surface area contributed by atoms with Gasteiger partial charge in [0.1, 0.15) is 11.8 Å². The highest BCUT2D eigenvalue weighted by molar-refractivity contribution is 5.97. The van der Waals surface area contributed by atoms with Gasteiger partial charge in [-0.25, -0.2) is 4.98 Å². The number of rotatable bonds is 2. The first-order valence-electron chi connectivity index (χ1n) is 6.81. The molecule has 2 aliphatic rings. The molecule has 0 amide bonds. The third-order valence-electron chi connectivity index (χ3n) is 4.63. The summed E-state index contributed by atoms with van der Waals surface area (Å²) in [5.74, 6) is 0.324. The van der Waals surface area contributed by atoms with Crippen LogP contribution < -0.4 is 0 Å². The molecule has 0 spiro atoms. The van der Waals surface area contributed by atoms with E-state index in [0.717, 1.165) is 12.8 Å². The fraction of sp³-hybridized carbons (Fsp3) is 0.533. The molecule has 3 rings (SSSR count). The number of hydrogen-bond donors (Lipinski definition) is 0. The van der Waals surface area contributed by atoms with Crippen molar-refractivity contribution < 1.29 is 4.79 Å². The number of fused-ring (bicyclic) bond motifs is 2. The molecule has 1 aromatic rings. The molecule has 98 valence electrons. The standard InChI is InChI=1S/C15H17N3O/c1-18-13-4-5-14(18)7-11(6-13)15(19)10-2-3-12(8-16)17-9-10/h2-3,9,11,13-14H,4-7H2,1H3. The van der Waals surface area contributed by atoms with E-state index in [4.69, 9.17) is 5.26 Å². The Morgan fingerprint density at radius 1 is 1.37 bits per heavy atom. The summed E-state index contributed by atoms with van der Waals surface area (Å²) < 4.78 is 0. The van der Waals surface area contributed by atoms with Crippen molar-refractivity contribution in [3.63, 3.8) is 0 Å². The highest BCUT2D eigenvalue weighted by atomic mass is 16.1. The lowest BCUT2D eigenvalue weighted by Gasteiger charge is -2.35. The van der Waals surface area contributed by atoms with Gasteiger partial charge in [0.15, 0.2) is 5.78 Å². The fourth-order valence-corrected chi connectivity index (χ4v) is 3.47. The summed E-state index contributed by atoms with van der Waals surface area (Å²) in [4.78, 5) is 18.9. The smallest absolute Gasteiger partial charge is 0.167 e. The summed E-state index contributed by atoms with van der Waals surface area (Å²) in [6.07, 6.45) is 5.91. The average molecular weight is 255 g/mol. The average Bonchev–Trinajstić information content (AvgIpc) is 2.68. The van der Waals surface area contributed by atoms with Crippen LogP contribution >= 0.6 is 0 Å². The van der Waals surface area contributed by atoms with Gasteiger partial charge in [0.25, 0.3) is 0 Å². The normalized spacial score (nSPS) is 30.0. The number of piperidine rings is 1. The van der Waals surface area contributed by atoms with Gasteiger partial charge in [-0.05, 0) is 44.9 Å². The molecule has 0 saturated carbocycles. The van der Waals surface area contributed by atoms with Crippen molar-refractivity contribution in [1.29, 1.82) is 5.26 Å². The lowest BCUT2D eigenvalue weighted by molar-refractivity contribution is 0.0767. The molecule has 2 saturated heterocycles. The van der Waals surface area contributed by atoms with Crippen LogP contribution in [0.25, 0.3) is 0 Å². The van der Waals surface area contributed by atoms with E-state index in [1.165, 1.54) is 12.8 Å². The predicted molar refractivity (Wildman–Crippen MR) is 70.6 cm³/mol. The molecule has 0 aliphatic carbocycles. The first-order valence-corrected chi connectivity index (χ1v) is 6.81. The fourth-order valence-electron chi connectivity index (χ4n) is 3.47. The third kappa shape index (κ3) is 2.15. The Labute approximate surface area is 113 Å². The molecule has 0 radical (unpaired) electrons. The molecular weight excluding hydrogens is 238 g/mol. The first kappa shape index (κ1) is 12.3. The highest BCUT2D eigenvalue weighted by Gasteiger charge is 2.40. The van der Waals surface area contributed by atoms with E-state index in [-0.39, 0.29) is 11.7 Å². The van der Waals surface area contributed by atoms with Crippen LogP contribution in [0, 0.1) is 17.2 Å². The van der Waals surface area contributed by atoms with Crippen molar-refractivity contribution >= 4 is 5.78 Å². The zero-order valence-corrected chi connectivity index (χ0v) is 11.0. The number of carbonyl (C=O) groups excluding carboxylic acids is 1. The summed E-state index contributed by atoms with van der Waals surface area (Å²) in [5.41, 5.74) is 1.01. The van der Waals surface area contributed by atoms with Crippen LogP contribution in [0.4, 0.5) is 0 Å². The Morgan fingerprint density at radius 3 is 2.58 bits per heavy atom. The number of carbonyl (C=O) groups is 1. The Bertz CT molecular complexity index is 517. The number of Topliss-reactive ketones (excluding diaryl/α,β-unsaturated/α-hetero) is 1. The van der Waals surface area contributed by atoms with E-state index in [1.807, 2.05) is 6.07 Å². The first-order chi connectivity index (χ1) is 9.19. The minimum atomic E-state index is 0.128. The van der Waals surface area contributed by atoms with Crippen molar-refractivity contribution in [2.45, 2.75) is 37.8 Å². The van der Waals surface area contributed by atoms with Gasteiger partial charge in [-0.3, -0.25) is 4.79 Å². The summed E-state index contributed by atoms with van der Waals surface area (Å²) in [7, 11) is 2.17. The zero-order valence-electron chi connectivity index (χ0n) is 11.0. The van der Waals surface area contributed by atoms with Crippen LogP contribution in [-0.2, 0) is 0 Å². The van der Waals surface area contributed by atoms with Crippen LogP contribution in [0.15, 0.2) is 18.3 Å². The van der Waals surface area contributed by atoms with E-state index in [2.05, 4.69) is 16.9 Å². The van der Waals surface area contributed by atoms with Gasteiger partial charge in [-0.15, -0.1) is 0 Å². The third-order valence-corrected chi connectivity index (χ3v) is 4.63. The molecule has 19 heavy (non-hydrogen) atoms. The molecule has 0 N–H and O–H groups in total. The number of ketones is 1. The molecule has 1 aromatic heterocycles. The number of hydrogen-bond acceptors (Lipinski definition) is 4. The molecule has 2 bridgehead atoms. The lowest BCUT2D eigenvalue weighted by Crippen LogP contribution is -2.42. The van der Waals surface area contributed by atoms with Crippen molar-refractivity contribution in [2.75, 3.05) is 7.05 Å². The van der Waals surface area contributed by atoms with Crippen LogP contribution in [0.2, 0.25) is 0 Å². The van der Waals surface area contributed by atoms with E-state index in [9.17, 15) is 4.79 Å². The Balaban J connectivity index is 1.76. The van der Waals surface area contributed by atoms with Crippen molar-refractivity contribution in [2.24, 2.45) is 5.92 Å². The number of nitrogens with zero attached hydrogens (tertiary/aromatic N) is 3. The van der Waals surface area contributed by atoms with Gasteiger partial charge in [-0.1, -0.05) is 0 Å². The minimum absolute atomic E-state index is 0.128. The van der Waals surface area contributed by atoms with Crippen molar-refractivity contribution in [1.82, 2.24) is 9.88 Å². The van der Waals surface area contributed by atoms with Crippen molar-refractivity contribution in [3.8, 4) is 6.07 Å². The molecule has 4 heteroatoms. The second kappa shape index (κ2) is 4.75. The molecule has 2 atom stereocenters. The summed E-state index contributed by atoms with van der Waals surface area (Å²) >= 11 is 0. The molecule has 0 aromatic carbocycles. The highest BCUT2D eigenvalue weighted by Crippen LogP contribution is 2.38. The quantitative estimate of drug-likeness (QED) is 0.758. The van der Waals surface area contributed by atoms with E-state index >= 15 is 0 Å². The molecule has 2 unspecified atom stereocenters. The molecular formula is C15H17N3O. The lowest BCUT2D eigenvalue weighted by atomic mass is 9.85. The second-order valence-corrected chi connectivity index (χ2v) is 5.63. The molecule has 4 nitrogen and oxygen atoms in total. The van der Waals surface area contributed by atoms with Crippen LogP contribution in [-0.4, -0.2) is 34.8 Å². The Hall–Kier alpha value is -1.73. The maximum atomic E-state index is 12.5. The number of pyridine rings is 1.